The van der Waals surface area contributed by atoms with Gasteiger partial charge in [0.1, 0.15) is 0 Å². The average Bonchev–Trinajstić information content (AvgIpc) is 3.03. The van der Waals surface area contributed by atoms with Gasteiger partial charge in [-0.15, -0.1) is 11.3 Å². The fourth-order valence-corrected chi connectivity index (χ4v) is 3.30. The van der Waals surface area contributed by atoms with Crippen LogP contribution in [0.3, 0.4) is 0 Å². The molecule has 0 bridgehead atoms. The minimum atomic E-state index is -3.26. The van der Waals surface area contributed by atoms with E-state index < -0.39 is 10.0 Å². The highest BCUT2D eigenvalue weighted by molar-refractivity contribution is 7.92. The molecule has 1 aromatic carbocycles. The Hall–Kier alpha value is -2.45. The lowest BCUT2D eigenvalue weighted by molar-refractivity contribution is 0.600. The average molecular weight is 360 g/mol. The fourth-order valence-electron chi connectivity index (χ4n) is 2.06. The smallest absolute Gasteiger partial charge is 0.231 e. The van der Waals surface area contributed by atoms with Crippen LogP contribution in [0.2, 0.25) is 0 Å². The topological polar surface area (TPSA) is 75.2 Å². The SMILES string of the molecule is CN(c1ccc(-c2csc(Nc3cccnc3)n2)cc1)S(C)(=O)=O. The molecular weight excluding hydrogens is 344 g/mol. The van der Waals surface area contributed by atoms with E-state index in [1.54, 1.807) is 24.5 Å². The molecule has 0 amide bonds. The molecular formula is C16H16N4O2S2. The van der Waals surface area contributed by atoms with Crippen LogP contribution < -0.4 is 9.62 Å². The van der Waals surface area contributed by atoms with E-state index in [1.165, 1.54) is 28.9 Å². The monoisotopic (exact) mass is 360 g/mol. The van der Waals surface area contributed by atoms with Crippen molar-refractivity contribution in [1.29, 1.82) is 0 Å². The number of anilines is 3. The van der Waals surface area contributed by atoms with Crippen LogP contribution >= 0.6 is 11.3 Å². The van der Waals surface area contributed by atoms with E-state index in [1.807, 2.05) is 29.6 Å². The van der Waals surface area contributed by atoms with Gasteiger partial charge in [0, 0.05) is 24.2 Å². The predicted octanol–water partition coefficient (Wildman–Crippen LogP) is 3.34. The second-order valence-electron chi connectivity index (χ2n) is 5.18. The van der Waals surface area contributed by atoms with Gasteiger partial charge in [0.05, 0.1) is 29.5 Å². The van der Waals surface area contributed by atoms with Gasteiger partial charge in [-0.3, -0.25) is 9.29 Å². The number of hydrogen-bond donors (Lipinski definition) is 1. The third kappa shape index (κ3) is 3.72. The molecule has 0 aliphatic rings. The first-order valence-corrected chi connectivity index (χ1v) is 9.83. The predicted molar refractivity (Wildman–Crippen MR) is 98.3 cm³/mol. The van der Waals surface area contributed by atoms with Crippen molar-refractivity contribution in [2.45, 2.75) is 0 Å². The number of nitrogens with one attached hydrogen (secondary N) is 1. The van der Waals surface area contributed by atoms with Crippen LogP contribution in [-0.4, -0.2) is 31.7 Å². The third-order valence-corrected chi connectivity index (χ3v) is 5.40. The van der Waals surface area contributed by atoms with Crippen LogP contribution in [0.25, 0.3) is 11.3 Å². The molecule has 0 fully saturated rings. The maximum absolute atomic E-state index is 11.6. The van der Waals surface area contributed by atoms with E-state index in [0.29, 0.717) is 5.69 Å². The van der Waals surface area contributed by atoms with Gasteiger partial charge < -0.3 is 5.32 Å². The third-order valence-electron chi connectivity index (χ3n) is 3.44. The Bertz CT molecular complexity index is 922. The Kier molecular flexibility index (Phi) is 4.50. The summed E-state index contributed by atoms with van der Waals surface area (Å²) in [6, 6.07) is 11.0. The minimum Gasteiger partial charge on any atom is -0.330 e. The summed E-state index contributed by atoms with van der Waals surface area (Å²) in [7, 11) is -1.73. The lowest BCUT2D eigenvalue weighted by atomic mass is 10.1. The first-order valence-electron chi connectivity index (χ1n) is 7.10. The molecule has 0 saturated carbocycles. The summed E-state index contributed by atoms with van der Waals surface area (Å²) in [6.07, 6.45) is 4.63. The zero-order chi connectivity index (χ0) is 17.2. The number of thiazole rings is 1. The zero-order valence-electron chi connectivity index (χ0n) is 13.2. The van der Waals surface area contributed by atoms with Crippen molar-refractivity contribution >= 4 is 37.9 Å². The Balaban J connectivity index is 1.78. The lowest BCUT2D eigenvalue weighted by Gasteiger charge is -2.16. The molecule has 2 heterocycles. The number of pyridine rings is 1. The van der Waals surface area contributed by atoms with Gasteiger partial charge in [-0.25, -0.2) is 13.4 Å². The molecule has 0 radical (unpaired) electrons. The Morgan fingerprint density at radius 2 is 1.92 bits per heavy atom. The molecule has 6 nitrogen and oxygen atoms in total. The van der Waals surface area contributed by atoms with Gasteiger partial charge in [0.2, 0.25) is 10.0 Å². The van der Waals surface area contributed by atoms with E-state index >= 15 is 0 Å². The molecule has 3 aromatic rings. The van der Waals surface area contributed by atoms with Crippen LogP contribution in [0.5, 0.6) is 0 Å². The number of benzene rings is 1. The Morgan fingerprint density at radius 1 is 1.17 bits per heavy atom. The van der Waals surface area contributed by atoms with E-state index in [4.69, 9.17) is 0 Å². The minimum absolute atomic E-state index is 0.616. The molecule has 3 rings (SSSR count). The quantitative estimate of drug-likeness (QED) is 0.755. The number of hydrogen-bond acceptors (Lipinski definition) is 6. The number of sulfonamides is 1. The summed E-state index contributed by atoms with van der Waals surface area (Å²) in [5.41, 5.74) is 3.25. The second-order valence-corrected chi connectivity index (χ2v) is 8.05. The number of rotatable bonds is 5. The maximum Gasteiger partial charge on any atom is 0.231 e. The van der Waals surface area contributed by atoms with Crippen LogP contribution in [0.15, 0.2) is 54.2 Å². The van der Waals surface area contributed by atoms with Crippen molar-refractivity contribution in [1.82, 2.24) is 9.97 Å². The molecule has 0 aliphatic carbocycles. The first kappa shape index (κ1) is 16.4. The van der Waals surface area contributed by atoms with E-state index in [0.717, 1.165) is 22.1 Å². The number of aromatic nitrogens is 2. The van der Waals surface area contributed by atoms with Crippen molar-refractivity contribution in [2.75, 3.05) is 22.9 Å². The molecule has 0 spiro atoms. The van der Waals surface area contributed by atoms with Gasteiger partial charge in [-0.2, -0.15) is 0 Å². The molecule has 0 unspecified atom stereocenters. The van der Waals surface area contributed by atoms with Crippen molar-refractivity contribution in [3.8, 4) is 11.3 Å². The van der Waals surface area contributed by atoms with Crippen LogP contribution in [0, 0.1) is 0 Å². The molecule has 0 aliphatic heterocycles. The lowest BCUT2D eigenvalue weighted by Crippen LogP contribution is -2.24. The molecule has 8 heteroatoms. The molecule has 1 N–H and O–H groups in total. The van der Waals surface area contributed by atoms with Gasteiger partial charge >= 0.3 is 0 Å². The van der Waals surface area contributed by atoms with Gasteiger partial charge in [0.25, 0.3) is 0 Å². The summed E-state index contributed by atoms with van der Waals surface area (Å²) in [5, 5.41) is 5.93. The van der Waals surface area contributed by atoms with Crippen molar-refractivity contribution in [2.24, 2.45) is 0 Å². The van der Waals surface area contributed by atoms with Crippen LogP contribution in [0.4, 0.5) is 16.5 Å². The summed E-state index contributed by atoms with van der Waals surface area (Å²) in [6.45, 7) is 0. The highest BCUT2D eigenvalue weighted by Gasteiger charge is 2.12. The molecule has 0 atom stereocenters. The van der Waals surface area contributed by atoms with Crippen LogP contribution in [-0.2, 0) is 10.0 Å². The van der Waals surface area contributed by atoms with E-state index in [-0.39, 0.29) is 0 Å². The molecule has 0 saturated heterocycles. The van der Waals surface area contributed by atoms with Crippen LogP contribution in [0.1, 0.15) is 0 Å². The summed E-state index contributed by atoms with van der Waals surface area (Å²) >= 11 is 1.50. The standard InChI is InChI=1S/C16H16N4O2S2/c1-20(24(2,21)22)14-7-5-12(6-8-14)15-11-23-16(19-15)18-13-4-3-9-17-10-13/h3-11H,1-2H3,(H,18,19). The van der Waals surface area contributed by atoms with Gasteiger partial charge in [0.15, 0.2) is 5.13 Å². The largest absolute Gasteiger partial charge is 0.330 e. The molecule has 124 valence electrons. The second kappa shape index (κ2) is 6.58. The Labute approximate surface area is 144 Å². The highest BCUT2D eigenvalue weighted by Crippen LogP contribution is 2.28. The van der Waals surface area contributed by atoms with Crippen molar-refractivity contribution in [3.63, 3.8) is 0 Å². The molecule has 24 heavy (non-hydrogen) atoms. The highest BCUT2D eigenvalue weighted by atomic mass is 32.2. The first-order chi connectivity index (χ1) is 11.4. The summed E-state index contributed by atoms with van der Waals surface area (Å²) in [5.74, 6) is 0. The van der Waals surface area contributed by atoms with Crippen molar-refractivity contribution in [3.05, 3.63) is 54.2 Å². The molecule has 2 aromatic heterocycles. The summed E-state index contributed by atoms with van der Waals surface area (Å²) < 4.78 is 24.4. The van der Waals surface area contributed by atoms with Crippen molar-refractivity contribution < 1.29 is 8.42 Å². The normalized spacial score (nSPS) is 11.2. The van der Waals surface area contributed by atoms with E-state index in [2.05, 4.69) is 15.3 Å². The number of nitrogens with zero attached hydrogens (tertiary/aromatic N) is 3. The Morgan fingerprint density at radius 3 is 2.54 bits per heavy atom. The maximum atomic E-state index is 11.6. The van der Waals surface area contributed by atoms with Gasteiger partial charge in [-0.05, 0) is 24.3 Å². The fraction of sp³-hybridized carbons (Fsp3) is 0.125. The summed E-state index contributed by atoms with van der Waals surface area (Å²) in [4.78, 5) is 8.60. The zero-order valence-corrected chi connectivity index (χ0v) is 14.8. The van der Waals surface area contributed by atoms with Gasteiger partial charge in [-0.1, -0.05) is 12.1 Å². The van der Waals surface area contributed by atoms with E-state index in [9.17, 15) is 8.42 Å².